The molecule has 150 valence electrons. The maximum Gasteiger partial charge on any atom is 0.253 e. The highest BCUT2D eigenvalue weighted by Crippen LogP contribution is 2.32. The molecule has 1 aromatic heterocycles. The minimum atomic E-state index is -0.609. The summed E-state index contributed by atoms with van der Waals surface area (Å²) in [6.07, 6.45) is 0. The van der Waals surface area contributed by atoms with Crippen molar-refractivity contribution < 1.29 is 9.53 Å². The van der Waals surface area contributed by atoms with Crippen molar-refractivity contribution in [1.29, 1.82) is 0 Å². The first kappa shape index (κ1) is 20.6. The van der Waals surface area contributed by atoms with E-state index in [2.05, 4.69) is 10.3 Å². The molecule has 5 nitrogen and oxygen atoms in total. The third-order valence-electron chi connectivity index (χ3n) is 5.35. The molecule has 0 saturated carbocycles. The number of aryl methyl sites for hydroxylation is 2. The molecule has 3 aromatic rings. The lowest BCUT2D eigenvalue weighted by Crippen LogP contribution is -2.28. The van der Waals surface area contributed by atoms with Crippen LogP contribution in [0, 0.1) is 13.8 Å². The summed E-state index contributed by atoms with van der Waals surface area (Å²) in [5, 5.41) is 2.83. The number of hydrogen-bond donors (Lipinski definition) is 2. The van der Waals surface area contributed by atoms with Crippen LogP contribution in [0.4, 0.5) is 0 Å². The van der Waals surface area contributed by atoms with E-state index in [9.17, 15) is 9.59 Å². The van der Waals surface area contributed by atoms with Gasteiger partial charge in [0.25, 0.3) is 11.5 Å². The summed E-state index contributed by atoms with van der Waals surface area (Å²) >= 11 is 0. The second-order valence-electron chi connectivity index (χ2n) is 7.31. The Kier molecular flexibility index (Phi) is 5.99. The van der Waals surface area contributed by atoms with Gasteiger partial charge in [0, 0.05) is 30.5 Å². The number of aromatic nitrogens is 1. The van der Waals surface area contributed by atoms with Gasteiger partial charge < -0.3 is 15.0 Å². The van der Waals surface area contributed by atoms with E-state index in [1.54, 1.807) is 19.2 Å². The lowest BCUT2D eigenvalue weighted by Gasteiger charge is -2.29. The first-order chi connectivity index (χ1) is 13.8. The fourth-order valence-electron chi connectivity index (χ4n) is 3.47. The Hall–Kier alpha value is -3.18. The van der Waals surface area contributed by atoms with Gasteiger partial charge in [-0.05, 0) is 55.7 Å². The van der Waals surface area contributed by atoms with Gasteiger partial charge in [-0.15, -0.1) is 0 Å². The zero-order chi connectivity index (χ0) is 21.0. The van der Waals surface area contributed by atoms with Crippen molar-refractivity contribution in [3.8, 4) is 0 Å². The molecule has 0 spiro atoms. The quantitative estimate of drug-likeness (QED) is 0.672. The van der Waals surface area contributed by atoms with Gasteiger partial charge in [-0.1, -0.05) is 42.5 Å². The fourth-order valence-corrected chi connectivity index (χ4v) is 3.47. The average molecular weight is 390 g/mol. The second-order valence-corrected chi connectivity index (χ2v) is 7.31. The van der Waals surface area contributed by atoms with Gasteiger partial charge >= 0.3 is 0 Å². The molecule has 0 radical (unpaired) electrons. The molecule has 0 bridgehead atoms. The van der Waals surface area contributed by atoms with Crippen LogP contribution < -0.4 is 10.9 Å². The summed E-state index contributed by atoms with van der Waals surface area (Å²) in [4.78, 5) is 27.4. The van der Waals surface area contributed by atoms with Gasteiger partial charge in [0.05, 0.1) is 0 Å². The van der Waals surface area contributed by atoms with Crippen LogP contribution in [0.1, 0.15) is 45.2 Å². The smallest absolute Gasteiger partial charge is 0.253 e. The number of amides is 1. The third-order valence-corrected chi connectivity index (χ3v) is 5.35. The number of H-pyrrole nitrogens is 1. The number of aromatic amines is 1. The molecule has 5 heteroatoms. The molecule has 0 saturated heterocycles. The Bertz CT molecular complexity index is 1060. The van der Waals surface area contributed by atoms with E-state index in [0.717, 1.165) is 22.4 Å². The molecule has 1 unspecified atom stereocenters. The maximum atomic E-state index is 12.6. The van der Waals surface area contributed by atoms with E-state index in [4.69, 9.17) is 4.74 Å². The molecular weight excluding hydrogens is 364 g/mol. The largest absolute Gasteiger partial charge is 0.369 e. The summed E-state index contributed by atoms with van der Waals surface area (Å²) in [7, 11) is 1.68. The van der Waals surface area contributed by atoms with Crippen molar-refractivity contribution in [3.63, 3.8) is 0 Å². The molecule has 1 heterocycles. The van der Waals surface area contributed by atoms with Gasteiger partial charge in [0.15, 0.2) is 0 Å². The summed E-state index contributed by atoms with van der Waals surface area (Å²) in [6.45, 7) is 5.89. The molecule has 1 atom stereocenters. The first-order valence-corrected chi connectivity index (χ1v) is 9.54. The number of carbonyl (C=O) groups excluding carboxylic acids is 1. The molecular formula is C24H26N2O3. The molecule has 3 rings (SSSR count). The van der Waals surface area contributed by atoms with Crippen LogP contribution in [0.2, 0.25) is 0 Å². The van der Waals surface area contributed by atoms with Crippen molar-refractivity contribution in [1.82, 2.24) is 10.3 Å². The molecule has 1 amide bonds. The van der Waals surface area contributed by atoms with Crippen LogP contribution in [-0.2, 0) is 16.9 Å². The van der Waals surface area contributed by atoms with E-state index >= 15 is 0 Å². The Morgan fingerprint density at radius 3 is 2.24 bits per heavy atom. The highest BCUT2D eigenvalue weighted by atomic mass is 16.5. The zero-order valence-electron chi connectivity index (χ0n) is 17.2. The zero-order valence-corrected chi connectivity index (χ0v) is 17.2. The van der Waals surface area contributed by atoms with Crippen LogP contribution in [0.3, 0.4) is 0 Å². The summed E-state index contributed by atoms with van der Waals surface area (Å²) in [6, 6.07) is 19.2. The van der Waals surface area contributed by atoms with Crippen molar-refractivity contribution in [2.24, 2.45) is 0 Å². The topological polar surface area (TPSA) is 71.2 Å². The number of pyridine rings is 1. The van der Waals surface area contributed by atoms with Gasteiger partial charge in [0.2, 0.25) is 0 Å². The Morgan fingerprint density at radius 2 is 1.66 bits per heavy atom. The summed E-state index contributed by atoms with van der Waals surface area (Å²) in [5.74, 6) is -0.227. The van der Waals surface area contributed by atoms with Crippen molar-refractivity contribution in [2.75, 3.05) is 7.11 Å². The lowest BCUT2D eigenvalue weighted by molar-refractivity contribution is 0.0390. The van der Waals surface area contributed by atoms with Gasteiger partial charge in [-0.25, -0.2) is 0 Å². The maximum absolute atomic E-state index is 12.6. The number of ether oxygens (including phenoxy) is 1. The third kappa shape index (κ3) is 4.30. The van der Waals surface area contributed by atoms with E-state index in [0.29, 0.717) is 11.1 Å². The average Bonchev–Trinajstić information content (AvgIpc) is 2.73. The van der Waals surface area contributed by atoms with Crippen molar-refractivity contribution in [2.45, 2.75) is 32.9 Å². The molecule has 2 N–H and O–H groups in total. The van der Waals surface area contributed by atoms with E-state index in [-0.39, 0.29) is 18.0 Å². The standard InChI is InChI=1S/C24H26N2O3/c1-16-14-17(2)26-23(28)21(16)15-25-22(27)18-10-12-20(13-11-18)24(3,29-4)19-8-6-5-7-9-19/h5-14H,15H2,1-4H3,(H,25,27)(H,26,28). The van der Waals surface area contributed by atoms with Gasteiger partial charge in [0.1, 0.15) is 5.60 Å². The molecule has 0 aliphatic heterocycles. The minimum absolute atomic E-state index is 0.170. The SMILES string of the molecule is COC(C)(c1ccccc1)c1ccc(C(=O)NCc2c(C)cc(C)[nH]c2=O)cc1. The summed E-state index contributed by atoms with van der Waals surface area (Å²) in [5.41, 5.74) is 3.97. The van der Waals surface area contributed by atoms with E-state index < -0.39 is 5.60 Å². The number of hydrogen-bond acceptors (Lipinski definition) is 3. The summed E-state index contributed by atoms with van der Waals surface area (Å²) < 4.78 is 5.81. The Morgan fingerprint density at radius 1 is 1.03 bits per heavy atom. The highest BCUT2D eigenvalue weighted by Gasteiger charge is 2.28. The number of methoxy groups -OCH3 is 1. The van der Waals surface area contributed by atoms with Crippen molar-refractivity contribution in [3.05, 3.63) is 105 Å². The predicted octanol–water partition coefficient (Wildman–Crippen LogP) is 3.83. The van der Waals surface area contributed by atoms with Crippen LogP contribution in [0.5, 0.6) is 0 Å². The van der Waals surface area contributed by atoms with Crippen LogP contribution in [-0.4, -0.2) is 18.0 Å². The van der Waals surface area contributed by atoms with Gasteiger partial charge in [-0.2, -0.15) is 0 Å². The molecule has 0 fully saturated rings. The minimum Gasteiger partial charge on any atom is -0.369 e. The number of benzene rings is 2. The number of carbonyl (C=O) groups is 1. The number of nitrogens with one attached hydrogen (secondary N) is 2. The first-order valence-electron chi connectivity index (χ1n) is 9.54. The monoisotopic (exact) mass is 390 g/mol. The lowest BCUT2D eigenvalue weighted by atomic mass is 9.87. The molecule has 0 aliphatic carbocycles. The van der Waals surface area contributed by atoms with Gasteiger partial charge in [-0.3, -0.25) is 9.59 Å². The van der Waals surface area contributed by atoms with Crippen LogP contribution in [0.15, 0.2) is 65.5 Å². The fraction of sp³-hybridized carbons (Fsp3) is 0.250. The Labute approximate surface area is 170 Å². The molecule has 29 heavy (non-hydrogen) atoms. The van der Waals surface area contributed by atoms with Crippen LogP contribution >= 0.6 is 0 Å². The number of rotatable bonds is 6. The van der Waals surface area contributed by atoms with Crippen LogP contribution in [0.25, 0.3) is 0 Å². The second kappa shape index (κ2) is 8.45. The van der Waals surface area contributed by atoms with E-state index in [1.807, 2.05) is 69.3 Å². The molecule has 0 aliphatic rings. The van der Waals surface area contributed by atoms with Crippen molar-refractivity contribution >= 4 is 5.91 Å². The highest BCUT2D eigenvalue weighted by molar-refractivity contribution is 5.94. The predicted molar refractivity (Wildman–Crippen MR) is 114 cm³/mol. The Balaban J connectivity index is 1.76. The normalized spacial score (nSPS) is 13.0. The van der Waals surface area contributed by atoms with E-state index in [1.165, 1.54) is 0 Å². The molecule has 2 aromatic carbocycles.